The molecule has 0 amide bonds. The van der Waals surface area contributed by atoms with Crippen LogP contribution < -0.4 is 10.6 Å². The number of nitrogens with zero attached hydrogens (tertiary/aromatic N) is 2. The van der Waals surface area contributed by atoms with E-state index < -0.39 is 0 Å². The summed E-state index contributed by atoms with van der Waals surface area (Å²) in [5, 5.41) is 6.78. The van der Waals surface area contributed by atoms with Crippen LogP contribution in [-0.2, 0) is 0 Å². The van der Waals surface area contributed by atoms with Crippen molar-refractivity contribution in [3.05, 3.63) is 24.8 Å². The van der Waals surface area contributed by atoms with Crippen LogP contribution in [0.2, 0.25) is 0 Å². The van der Waals surface area contributed by atoms with Crippen LogP contribution in [0.4, 0.5) is 0 Å². The number of nitrogens with one attached hydrogen (secondary N) is 2. The first kappa shape index (κ1) is 12.1. The van der Waals surface area contributed by atoms with Gasteiger partial charge in [0.25, 0.3) is 0 Å². The number of hydrogen-bond donors (Lipinski definition) is 2. The standard InChI is InChI=1S/C7H16N2.C4H4N2/c1-2-9-7-3-5-8-6-4-7;1-2-5-4-6-3-1/h7-9H,2-6H2,1H3;1-4H. The van der Waals surface area contributed by atoms with Gasteiger partial charge in [-0.25, -0.2) is 9.97 Å². The van der Waals surface area contributed by atoms with E-state index in [4.69, 9.17) is 0 Å². The van der Waals surface area contributed by atoms with Gasteiger partial charge in [0.1, 0.15) is 6.33 Å². The van der Waals surface area contributed by atoms with Crippen molar-refractivity contribution >= 4 is 0 Å². The quantitative estimate of drug-likeness (QED) is 0.755. The molecule has 4 heteroatoms. The Kier molecular flexibility index (Phi) is 6.70. The van der Waals surface area contributed by atoms with E-state index >= 15 is 0 Å². The van der Waals surface area contributed by atoms with Gasteiger partial charge < -0.3 is 10.6 Å². The van der Waals surface area contributed by atoms with E-state index in [1.54, 1.807) is 18.5 Å². The van der Waals surface area contributed by atoms with Gasteiger partial charge in [0.2, 0.25) is 0 Å². The monoisotopic (exact) mass is 208 g/mol. The number of hydrogen-bond acceptors (Lipinski definition) is 4. The predicted octanol–water partition coefficient (Wildman–Crippen LogP) is 0.824. The molecule has 0 aliphatic carbocycles. The molecule has 1 fully saturated rings. The molecule has 0 bridgehead atoms. The van der Waals surface area contributed by atoms with Gasteiger partial charge >= 0.3 is 0 Å². The van der Waals surface area contributed by atoms with Crippen molar-refractivity contribution in [2.75, 3.05) is 19.6 Å². The van der Waals surface area contributed by atoms with Crippen LogP contribution >= 0.6 is 0 Å². The summed E-state index contributed by atoms with van der Waals surface area (Å²) in [5.41, 5.74) is 0. The molecule has 2 heterocycles. The second-order valence-electron chi connectivity index (χ2n) is 3.49. The lowest BCUT2D eigenvalue weighted by Crippen LogP contribution is -2.39. The highest BCUT2D eigenvalue weighted by molar-refractivity contribution is 4.74. The van der Waals surface area contributed by atoms with Gasteiger partial charge in [-0.2, -0.15) is 0 Å². The molecule has 15 heavy (non-hydrogen) atoms. The summed E-state index contributed by atoms with van der Waals surface area (Å²) in [4.78, 5) is 7.35. The molecule has 1 aromatic rings. The Hall–Kier alpha value is -1.00. The minimum Gasteiger partial charge on any atom is -0.317 e. The first-order valence-corrected chi connectivity index (χ1v) is 5.57. The predicted molar refractivity (Wildman–Crippen MR) is 61.6 cm³/mol. The Balaban J connectivity index is 0.000000162. The maximum atomic E-state index is 3.67. The molecule has 84 valence electrons. The van der Waals surface area contributed by atoms with Crippen LogP contribution in [0.15, 0.2) is 24.8 Å². The highest BCUT2D eigenvalue weighted by Crippen LogP contribution is 2.00. The van der Waals surface area contributed by atoms with Crippen molar-refractivity contribution in [1.82, 2.24) is 20.6 Å². The molecular formula is C11H20N4. The van der Waals surface area contributed by atoms with Gasteiger partial charge in [0, 0.05) is 18.4 Å². The summed E-state index contributed by atoms with van der Waals surface area (Å²) in [7, 11) is 0. The van der Waals surface area contributed by atoms with Crippen LogP contribution in [0.25, 0.3) is 0 Å². The van der Waals surface area contributed by atoms with Gasteiger partial charge in [-0.05, 0) is 38.5 Å². The van der Waals surface area contributed by atoms with Gasteiger partial charge in [-0.3, -0.25) is 0 Å². The number of rotatable bonds is 2. The molecule has 0 unspecified atom stereocenters. The van der Waals surface area contributed by atoms with E-state index in [1.807, 2.05) is 0 Å². The van der Waals surface area contributed by atoms with Crippen LogP contribution in [0, 0.1) is 0 Å². The molecular weight excluding hydrogens is 188 g/mol. The molecule has 1 saturated heterocycles. The molecule has 2 N–H and O–H groups in total. The molecule has 0 spiro atoms. The molecule has 0 saturated carbocycles. The third-order valence-electron chi connectivity index (χ3n) is 2.31. The zero-order valence-electron chi connectivity index (χ0n) is 9.32. The van der Waals surface area contributed by atoms with Crippen molar-refractivity contribution < 1.29 is 0 Å². The SMILES string of the molecule is CCNC1CCNCC1.c1cncnc1. The summed E-state index contributed by atoms with van der Waals surface area (Å²) >= 11 is 0. The lowest BCUT2D eigenvalue weighted by atomic mass is 10.1. The summed E-state index contributed by atoms with van der Waals surface area (Å²) in [6.07, 6.45) is 7.47. The number of piperidine rings is 1. The third kappa shape index (κ3) is 6.14. The lowest BCUT2D eigenvalue weighted by molar-refractivity contribution is 0.394. The Morgan fingerprint density at radius 3 is 2.33 bits per heavy atom. The number of aromatic nitrogens is 2. The summed E-state index contributed by atoms with van der Waals surface area (Å²) in [5.74, 6) is 0. The summed E-state index contributed by atoms with van der Waals surface area (Å²) < 4.78 is 0. The zero-order valence-corrected chi connectivity index (χ0v) is 9.32. The van der Waals surface area contributed by atoms with E-state index in [9.17, 15) is 0 Å². The van der Waals surface area contributed by atoms with Crippen LogP contribution in [0.5, 0.6) is 0 Å². The normalized spacial score (nSPS) is 16.6. The second-order valence-corrected chi connectivity index (χ2v) is 3.49. The van der Waals surface area contributed by atoms with E-state index in [2.05, 4.69) is 27.5 Å². The van der Waals surface area contributed by atoms with E-state index in [0.29, 0.717) is 0 Å². The largest absolute Gasteiger partial charge is 0.317 e. The second kappa shape index (κ2) is 8.32. The minimum atomic E-state index is 0.788. The molecule has 1 aliphatic rings. The molecule has 0 atom stereocenters. The molecule has 1 aliphatic heterocycles. The van der Waals surface area contributed by atoms with Gasteiger partial charge in [0.05, 0.1) is 0 Å². The van der Waals surface area contributed by atoms with Crippen LogP contribution in [0.1, 0.15) is 19.8 Å². The van der Waals surface area contributed by atoms with Crippen LogP contribution in [0.3, 0.4) is 0 Å². The maximum Gasteiger partial charge on any atom is 0.115 e. The zero-order chi connectivity index (χ0) is 10.8. The first-order chi connectivity index (χ1) is 7.43. The topological polar surface area (TPSA) is 49.8 Å². The van der Waals surface area contributed by atoms with Gasteiger partial charge in [0.15, 0.2) is 0 Å². The van der Waals surface area contributed by atoms with Crippen molar-refractivity contribution in [1.29, 1.82) is 0 Å². The van der Waals surface area contributed by atoms with E-state index in [1.165, 1.54) is 32.3 Å². The van der Waals surface area contributed by atoms with E-state index in [-0.39, 0.29) is 0 Å². The molecule has 0 aromatic carbocycles. The average molecular weight is 208 g/mol. The summed E-state index contributed by atoms with van der Waals surface area (Å²) in [6.45, 7) is 5.67. The first-order valence-electron chi connectivity index (χ1n) is 5.57. The van der Waals surface area contributed by atoms with Gasteiger partial charge in [-0.15, -0.1) is 0 Å². The Bertz CT molecular complexity index is 192. The van der Waals surface area contributed by atoms with Gasteiger partial charge in [-0.1, -0.05) is 6.92 Å². The van der Waals surface area contributed by atoms with Crippen molar-refractivity contribution in [3.8, 4) is 0 Å². The highest BCUT2D eigenvalue weighted by atomic mass is 15.0. The van der Waals surface area contributed by atoms with Crippen LogP contribution in [-0.4, -0.2) is 35.6 Å². The molecule has 4 nitrogen and oxygen atoms in total. The Morgan fingerprint density at radius 2 is 1.93 bits per heavy atom. The molecule has 2 rings (SSSR count). The Labute approximate surface area is 91.5 Å². The maximum absolute atomic E-state index is 3.67. The van der Waals surface area contributed by atoms with Crippen molar-refractivity contribution in [2.45, 2.75) is 25.8 Å². The fourth-order valence-corrected chi connectivity index (χ4v) is 1.57. The Morgan fingerprint density at radius 1 is 1.27 bits per heavy atom. The average Bonchev–Trinajstić information content (AvgIpc) is 2.34. The molecule has 0 radical (unpaired) electrons. The smallest absolute Gasteiger partial charge is 0.115 e. The fraction of sp³-hybridized carbons (Fsp3) is 0.636. The summed E-state index contributed by atoms with van der Waals surface area (Å²) in [6, 6.07) is 2.57. The molecule has 1 aromatic heterocycles. The lowest BCUT2D eigenvalue weighted by Gasteiger charge is -2.22. The third-order valence-corrected chi connectivity index (χ3v) is 2.31. The minimum absolute atomic E-state index is 0.788. The van der Waals surface area contributed by atoms with Crippen molar-refractivity contribution in [2.24, 2.45) is 0 Å². The fourth-order valence-electron chi connectivity index (χ4n) is 1.57. The highest BCUT2D eigenvalue weighted by Gasteiger charge is 2.09. The van der Waals surface area contributed by atoms with Crippen molar-refractivity contribution in [3.63, 3.8) is 0 Å². The van der Waals surface area contributed by atoms with E-state index in [0.717, 1.165) is 12.6 Å².